The van der Waals surface area contributed by atoms with Gasteiger partial charge in [-0.25, -0.2) is 0 Å². The van der Waals surface area contributed by atoms with E-state index in [1.54, 1.807) is 0 Å². The smallest absolute Gasteiger partial charge is 0.259 e. The zero-order chi connectivity index (χ0) is 21.6. The van der Waals surface area contributed by atoms with Crippen molar-refractivity contribution in [3.05, 3.63) is 53.7 Å². The van der Waals surface area contributed by atoms with Crippen LogP contribution in [0.25, 0.3) is 10.9 Å². The molecule has 2 heterocycles. The van der Waals surface area contributed by atoms with E-state index in [1.807, 2.05) is 42.6 Å². The average Bonchev–Trinajstić information content (AvgIpc) is 3.21. The molecule has 0 aliphatic carbocycles. The Morgan fingerprint density at radius 2 is 1.94 bits per heavy atom. The molecule has 1 fully saturated rings. The van der Waals surface area contributed by atoms with Crippen LogP contribution in [-0.4, -0.2) is 43.8 Å². The zero-order valence-electron chi connectivity index (χ0n) is 18.4. The molecule has 3 aromatic rings. The number of hydrogen-bond acceptors (Lipinski definition) is 4. The van der Waals surface area contributed by atoms with Crippen LogP contribution in [0.1, 0.15) is 42.6 Å². The molecule has 0 bridgehead atoms. The Kier molecular flexibility index (Phi) is 6.77. The summed E-state index contributed by atoms with van der Waals surface area (Å²) in [6.07, 6.45) is 4.90. The van der Waals surface area contributed by atoms with E-state index in [4.69, 9.17) is 9.47 Å². The van der Waals surface area contributed by atoms with E-state index in [9.17, 15) is 4.79 Å². The standard InChI is InChI=1S/C25H31N3O3/c1-3-5-12-31-24-16-23-21(18(4-2)17-26-23)15-22(24)25(29)27-19-6-8-20(9-7-19)28-10-13-30-14-11-28/h6-9,15-17,26H,3-5,10-14H2,1-2H3,(H,27,29). The van der Waals surface area contributed by atoms with Gasteiger partial charge in [-0.15, -0.1) is 0 Å². The number of fused-ring (bicyclic) bond motifs is 1. The fraction of sp³-hybridized carbons (Fsp3) is 0.400. The van der Waals surface area contributed by atoms with Crippen molar-refractivity contribution in [2.24, 2.45) is 0 Å². The number of unbranched alkanes of at least 4 members (excludes halogenated alkanes) is 1. The highest BCUT2D eigenvalue weighted by Crippen LogP contribution is 2.29. The first-order valence-electron chi connectivity index (χ1n) is 11.2. The summed E-state index contributed by atoms with van der Waals surface area (Å²) in [4.78, 5) is 18.8. The van der Waals surface area contributed by atoms with E-state index < -0.39 is 0 Å². The van der Waals surface area contributed by atoms with Crippen molar-refractivity contribution >= 4 is 28.2 Å². The first-order valence-corrected chi connectivity index (χ1v) is 11.2. The number of H-pyrrole nitrogens is 1. The van der Waals surface area contributed by atoms with Gasteiger partial charge < -0.3 is 24.7 Å². The minimum Gasteiger partial charge on any atom is -0.493 e. The third-order valence-corrected chi connectivity index (χ3v) is 5.75. The second-order valence-corrected chi connectivity index (χ2v) is 7.86. The molecule has 1 amide bonds. The number of nitrogens with one attached hydrogen (secondary N) is 2. The average molecular weight is 422 g/mol. The topological polar surface area (TPSA) is 66.6 Å². The first kappa shape index (κ1) is 21.2. The fourth-order valence-electron chi connectivity index (χ4n) is 3.90. The van der Waals surface area contributed by atoms with Crippen LogP contribution < -0.4 is 15.0 Å². The number of hydrogen-bond donors (Lipinski definition) is 2. The number of aryl methyl sites for hydroxylation is 1. The predicted molar refractivity (Wildman–Crippen MR) is 126 cm³/mol. The van der Waals surface area contributed by atoms with Crippen LogP contribution >= 0.6 is 0 Å². The lowest BCUT2D eigenvalue weighted by Gasteiger charge is -2.28. The summed E-state index contributed by atoms with van der Waals surface area (Å²) in [6, 6.07) is 11.9. The van der Waals surface area contributed by atoms with E-state index in [2.05, 4.69) is 29.0 Å². The van der Waals surface area contributed by atoms with Gasteiger partial charge in [0.05, 0.1) is 25.4 Å². The lowest BCUT2D eigenvalue weighted by atomic mass is 10.1. The molecule has 164 valence electrons. The summed E-state index contributed by atoms with van der Waals surface area (Å²) in [5.41, 5.74) is 4.67. The molecule has 0 spiro atoms. The summed E-state index contributed by atoms with van der Waals surface area (Å²) in [7, 11) is 0. The van der Waals surface area contributed by atoms with Gasteiger partial charge in [0.15, 0.2) is 0 Å². The van der Waals surface area contributed by atoms with Crippen LogP contribution in [0, 0.1) is 0 Å². The van der Waals surface area contributed by atoms with E-state index in [-0.39, 0.29) is 5.91 Å². The normalized spacial score (nSPS) is 14.1. The summed E-state index contributed by atoms with van der Waals surface area (Å²) < 4.78 is 11.4. The molecule has 1 saturated heterocycles. The number of nitrogens with zero attached hydrogens (tertiary/aromatic N) is 1. The van der Waals surface area contributed by atoms with Gasteiger partial charge in [0, 0.05) is 47.6 Å². The van der Waals surface area contributed by atoms with Crippen LogP contribution in [0.4, 0.5) is 11.4 Å². The second kappa shape index (κ2) is 9.88. The Morgan fingerprint density at radius 1 is 1.16 bits per heavy atom. The third-order valence-electron chi connectivity index (χ3n) is 5.75. The van der Waals surface area contributed by atoms with Crippen molar-refractivity contribution in [1.82, 2.24) is 4.98 Å². The number of rotatable bonds is 8. The predicted octanol–water partition coefficient (Wildman–Crippen LogP) is 5.00. The molecule has 2 N–H and O–H groups in total. The number of aromatic nitrogens is 1. The van der Waals surface area contributed by atoms with E-state index in [0.29, 0.717) is 17.9 Å². The fourth-order valence-corrected chi connectivity index (χ4v) is 3.90. The number of carbonyl (C=O) groups excluding carboxylic acids is 1. The third kappa shape index (κ3) is 4.85. The lowest BCUT2D eigenvalue weighted by Crippen LogP contribution is -2.36. The number of benzene rings is 2. The number of amides is 1. The Labute approximate surface area is 183 Å². The Bertz CT molecular complexity index is 1020. The molecule has 1 aromatic heterocycles. The van der Waals surface area contributed by atoms with E-state index >= 15 is 0 Å². The molecule has 0 atom stereocenters. The molecular formula is C25H31N3O3. The minimum atomic E-state index is -0.157. The Morgan fingerprint density at radius 3 is 2.65 bits per heavy atom. The van der Waals surface area contributed by atoms with Gasteiger partial charge in [-0.3, -0.25) is 4.79 Å². The monoisotopic (exact) mass is 421 g/mol. The summed E-state index contributed by atoms with van der Waals surface area (Å²) in [5, 5.41) is 4.11. The number of anilines is 2. The molecule has 1 aliphatic rings. The summed E-state index contributed by atoms with van der Waals surface area (Å²) >= 11 is 0. The van der Waals surface area contributed by atoms with Crippen molar-refractivity contribution in [2.45, 2.75) is 33.1 Å². The van der Waals surface area contributed by atoms with Gasteiger partial charge in [0.1, 0.15) is 5.75 Å². The highest BCUT2D eigenvalue weighted by atomic mass is 16.5. The maximum absolute atomic E-state index is 13.2. The highest BCUT2D eigenvalue weighted by Gasteiger charge is 2.17. The highest BCUT2D eigenvalue weighted by molar-refractivity contribution is 6.08. The van der Waals surface area contributed by atoms with Crippen molar-refractivity contribution in [3.8, 4) is 5.75 Å². The SMILES string of the molecule is CCCCOc1cc2[nH]cc(CC)c2cc1C(=O)Nc1ccc(N2CCOCC2)cc1. The quantitative estimate of drug-likeness (QED) is 0.503. The molecule has 6 nitrogen and oxygen atoms in total. The van der Waals surface area contributed by atoms with E-state index in [1.165, 1.54) is 5.56 Å². The molecular weight excluding hydrogens is 390 g/mol. The zero-order valence-corrected chi connectivity index (χ0v) is 18.4. The van der Waals surface area contributed by atoms with Crippen molar-refractivity contribution < 1.29 is 14.3 Å². The molecule has 1 aliphatic heterocycles. The van der Waals surface area contributed by atoms with Crippen molar-refractivity contribution in [2.75, 3.05) is 43.1 Å². The molecule has 0 radical (unpaired) electrons. The van der Waals surface area contributed by atoms with Gasteiger partial charge in [-0.1, -0.05) is 20.3 Å². The minimum absolute atomic E-state index is 0.157. The Balaban J connectivity index is 1.55. The van der Waals surface area contributed by atoms with Gasteiger partial charge in [0.25, 0.3) is 5.91 Å². The largest absolute Gasteiger partial charge is 0.493 e. The van der Waals surface area contributed by atoms with Gasteiger partial charge in [0.2, 0.25) is 0 Å². The number of carbonyl (C=O) groups is 1. The molecule has 6 heteroatoms. The van der Waals surface area contributed by atoms with Crippen LogP contribution in [0.3, 0.4) is 0 Å². The van der Waals surface area contributed by atoms with E-state index in [0.717, 1.165) is 67.8 Å². The number of morpholine rings is 1. The van der Waals surface area contributed by atoms with Crippen molar-refractivity contribution in [3.63, 3.8) is 0 Å². The van der Waals surface area contributed by atoms with Crippen LogP contribution in [0.5, 0.6) is 5.75 Å². The Hall–Kier alpha value is -2.99. The number of aromatic amines is 1. The molecule has 2 aromatic carbocycles. The van der Waals surface area contributed by atoms with Gasteiger partial charge in [-0.2, -0.15) is 0 Å². The second-order valence-electron chi connectivity index (χ2n) is 7.86. The maximum atomic E-state index is 13.2. The molecule has 31 heavy (non-hydrogen) atoms. The maximum Gasteiger partial charge on any atom is 0.259 e. The molecule has 4 rings (SSSR count). The molecule has 0 saturated carbocycles. The van der Waals surface area contributed by atoms with Crippen LogP contribution in [0.2, 0.25) is 0 Å². The molecule has 0 unspecified atom stereocenters. The summed E-state index contributed by atoms with van der Waals surface area (Å²) in [6.45, 7) is 8.11. The summed E-state index contributed by atoms with van der Waals surface area (Å²) in [5.74, 6) is 0.462. The lowest BCUT2D eigenvalue weighted by molar-refractivity contribution is 0.102. The van der Waals surface area contributed by atoms with Gasteiger partial charge in [-0.05, 0) is 48.7 Å². The number of ether oxygens (including phenoxy) is 2. The van der Waals surface area contributed by atoms with Crippen LogP contribution in [-0.2, 0) is 11.2 Å². The van der Waals surface area contributed by atoms with Gasteiger partial charge >= 0.3 is 0 Å². The van der Waals surface area contributed by atoms with Crippen molar-refractivity contribution in [1.29, 1.82) is 0 Å². The van der Waals surface area contributed by atoms with Crippen LogP contribution in [0.15, 0.2) is 42.6 Å². The first-order chi connectivity index (χ1) is 15.2.